The number of pyridine rings is 1. The molecule has 3 aromatic rings. The van der Waals surface area contributed by atoms with E-state index in [0.29, 0.717) is 19.4 Å². The number of amides is 1. The van der Waals surface area contributed by atoms with Crippen molar-refractivity contribution in [2.75, 3.05) is 13.1 Å². The molecule has 1 saturated heterocycles. The van der Waals surface area contributed by atoms with Crippen LogP contribution in [-0.4, -0.2) is 48.8 Å². The fraction of sp³-hybridized carbons (Fsp3) is 0.526. The van der Waals surface area contributed by atoms with Crippen LogP contribution in [0.15, 0.2) is 23.2 Å². The number of carbonyl (C=O) groups excluding carboxylic acids is 1. The smallest absolute Gasteiger partial charge is 0.342 e. The van der Waals surface area contributed by atoms with E-state index in [0.717, 1.165) is 6.07 Å². The quantitative estimate of drug-likeness (QED) is 0.639. The lowest BCUT2D eigenvalue weighted by atomic mass is 9.91. The van der Waals surface area contributed by atoms with Gasteiger partial charge in [-0.15, -0.1) is 0 Å². The first kappa shape index (κ1) is 20.3. The maximum Gasteiger partial charge on any atom is 0.417 e. The molecule has 0 N–H and O–H groups in total. The van der Waals surface area contributed by atoms with Crippen LogP contribution in [0, 0.1) is 6.92 Å². The van der Waals surface area contributed by atoms with Crippen LogP contribution in [0.1, 0.15) is 55.1 Å². The van der Waals surface area contributed by atoms with Gasteiger partial charge in [-0.2, -0.15) is 18.3 Å². The summed E-state index contributed by atoms with van der Waals surface area (Å²) in [5, 5.41) is 7.87. The lowest BCUT2D eigenvalue weighted by Gasteiger charge is -2.32. The Balaban J connectivity index is 1.58. The van der Waals surface area contributed by atoms with Gasteiger partial charge < -0.3 is 9.42 Å². The Hall–Kier alpha value is -2.98. The van der Waals surface area contributed by atoms with E-state index in [4.69, 9.17) is 4.52 Å². The summed E-state index contributed by atoms with van der Waals surface area (Å²) in [6, 6.07) is 0.839. The van der Waals surface area contributed by atoms with Gasteiger partial charge in [-0.25, -0.2) is 14.6 Å². The Bertz CT molecular complexity index is 1050. The predicted molar refractivity (Wildman–Crippen MR) is 99.4 cm³/mol. The van der Waals surface area contributed by atoms with E-state index in [9.17, 15) is 18.0 Å². The topological polar surface area (TPSA) is 89.9 Å². The van der Waals surface area contributed by atoms with Gasteiger partial charge in [-0.05, 0) is 32.8 Å². The molecule has 1 aliphatic heterocycles. The molecule has 3 aromatic heterocycles. The highest BCUT2D eigenvalue weighted by atomic mass is 19.4. The number of nitrogens with zero attached hydrogens (tertiary/aromatic N) is 6. The van der Waals surface area contributed by atoms with Crippen molar-refractivity contribution < 1.29 is 22.5 Å². The summed E-state index contributed by atoms with van der Waals surface area (Å²) in [6.45, 7) is 4.19. The monoisotopic (exact) mass is 422 g/mol. The van der Waals surface area contributed by atoms with Crippen LogP contribution >= 0.6 is 0 Å². The van der Waals surface area contributed by atoms with Crippen molar-refractivity contribution in [2.24, 2.45) is 0 Å². The second-order valence-corrected chi connectivity index (χ2v) is 7.66. The molecule has 0 aliphatic carbocycles. The summed E-state index contributed by atoms with van der Waals surface area (Å²) in [7, 11) is 0. The Kier molecular flexibility index (Phi) is 5.20. The third-order valence-corrected chi connectivity index (χ3v) is 5.43. The van der Waals surface area contributed by atoms with E-state index in [1.165, 1.54) is 13.3 Å². The lowest BCUT2D eigenvalue weighted by Crippen LogP contribution is -2.40. The predicted octanol–water partition coefficient (Wildman–Crippen LogP) is 3.50. The molecule has 2 atom stereocenters. The van der Waals surface area contributed by atoms with E-state index >= 15 is 0 Å². The Morgan fingerprint density at radius 2 is 2.20 bits per heavy atom. The van der Waals surface area contributed by atoms with Crippen LogP contribution in [0.25, 0.3) is 11.1 Å². The zero-order valence-electron chi connectivity index (χ0n) is 16.6. The fourth-order valence-corrected chi connectivity index (χ4v) is 3.95. The van der Waals surface area contributed by atoms with Gasteiger partial charge in [0.05, 0.1) is 22.7 Å². The van der Waals surface area contributed by atoms with Crippen LogP contribution < -0.4 is 0 Å². The van der Waals surface area contributed by atoms with Crippen molar-refractivity contribution in [3.8, 4) is 0 Å². The van der Waals surface area contributed by atoms with Crippen molar-refractivity contribution in [3.63, 3.8) is 0 Å². The second kappa shape index (κ2) is 7.69. The number of halogens is 3. The van der Waals surface area contributed by atoms with Gasteiger partial charge >= 0.3 is 6.18 Å². The molecule has 8 nitrogen and oxygen atoms in total. The molecule has 0 aromatic carbocycles. The first-order valence-corrected chi connectivity index (χ1v) is 9.70. The van der Waals surface area contributed by atoms with Crippen molar-refractivity contribution in [3.05, 3.63) is 35.7 Å². The number of hydrogen-bond acceptors (Lipinski definition) is 6. The summed E-state index contributed by atoms with van der Waals surface area (Å²) in [6.07, 6.45) is -0.0834. The number of carbonyl (C=O) groups is 1. The summed E-state index contributed by atoms with van der Waals surface area (Å²) >= 11 is 0. The highest BCUT2D eigenvalue weighted by Crippen LogP contribution is 2.40. The van der Waals surface area contributed by atoms with Crippen LogP contribution in [0.5, 0.6) is 0 Å². The molecular weight excluding hydrogens is 401 g/mol. The van der Waals surface area contributed by atoms with Crippen molar-refractivity contribution in [1.29, 1.82) is 0 Å². The first-order chi connectivity index (χ1) is 14.2. The fourth-order valence-electron chi connectivity index (χ4n) is 3.95. The molecule has 1 aliphatic rings. The molecule has 0 unspecified atom stereocenters. The number of aromatic nitrogens is 5. The summed E-state index contributed by atoms with van der Waals surface area (Å²) in [5.41, 5.74) is -0.503. The molecule has 0 spiro atoms. The number of aryl methyl sites for hydroxylation is 1. The Morgan fingerprint density at radius 3 is 2.90 bits per heavy atom. The van der Waals surface area contributed by atoms with Gasteiger partial charge in [0.2, 0.25) is 5.91 Å². The largest absolute Gasteiger partial charge is 0.417 e. The van der Waals surface area contributed by atoms with Crippen molar-refractivity contribution in [1.82, 2.24) is 29.8 Å². The molecule has 11 heteroatoms. The molecule has 30 heavy (non-hydrogen) atoms. The van der Waals surface area contributed by atoms with E-state index in [1.54, 1.807) is 15.9 Å². The average Bonchev–Trinajstić information content (AvgIpc) is 3.36. The summed E-state index contributed by atoms with van der Waals surface area (Å²) in [4.78, 5) is 22.4. The lowest BCUT2D eigenvalue weighted by molar-refractivity contribution is -0.136. The van der Waals surface area contributed by atoms with Crippen LogP contribution in [0.3, 0.4) is 0 Å². The zero-order chi connectivity index (χ0) is 21.5. The number of likely N-dealkylation sites (tertiary alicyclic amines) is 1. The van der Waals surface area contributed by atoms with Crippen LogP contribution in [-0.2, 0) is 11.0 Å². The maximum absolute atomic E-state index is 13.6. The molecular formula is C19H21F3N6O2. The maximum atomic E-state index is 13.6. The molecule has 4 rings (SSSR count). The highest BCUT2D eigenvalue weighted by molar-refractivity contribution is 5.82. The SMILES string of the molecule is Cc1cc(C(F)(F)F)c2c([C@H]3CCCN(C(=O)C[C@H](C)n4cncn4)C3)noc2n1. The number of piperidine rings is 1. The molecule has 0 radical (unpaired) electrons. The minimum absolute atomic E-state index is 0.0829. The zero-order valence-corrected chi connectivity index (χ0v) is 16.6. The average molecular weight is 422 g/mol. The van der Waals surface area contributed by atoms with Crippen molar-refractivity contribution in [2.45, 2.75) is 51.2 Å². The van der Waals surface area contributed by atoms with E-state index in [2.05, 4.69) is 20.2 Å². The minimum atomic E-state index is -4.55. The third-order valence-electron chi connectivity index (χ3n) is 5.43. The molecule has 4 heterocycles. The molecule has 160 valence electrons. The molecule has 1 fully saturated rings. The van der Waals surface area contributed by atoms with Gasteiger partial charge in [0.1, 0.15) is 12.7 Å². The molecule has 0 saturated carbocycles. The summed E-state index contributed by atoms with van der Waals surface area (Å²) < 4.78 is 47.6. The Morgan fingerprint density at radius 1 is 1.40 bits per heavy atom. The van der Waals surface area contributed by atoms with Gasteiger partial charge in [0.15, 0.2) is 0 Å². The van der Waals surface area contributed by atoms with E-state index in [1.807, 2.05) is 6.92 Å². The molecule has 1 amide bonds. The van der Waals surface area contributed by atoms with Gasteiger partial charge in [0.25, 0.3) is 5.71 Å². The van der Waals surface area contributed by atoms with Gasteiger partial charge in [-0.3, -0.25) is 4.79 Å². The minimum Gasteiger partial charge on any atom is -0.342 e. The number of alkyl halides is 3. The highest BCUT2D eigenvalue weighted by Gasteiger charge is 2.38. The van der Waals surface area contributed by atoms with E-state index < -0.39 is 11.7 Å². The second-order valence-electron chi connectivity index (χ2n) is 7.66. The normalized spacial score (nSPS) is 18.7. The molecule has 0 bridgehead atoms. The number of fused-ring (bicyclic) bond motifs is 1. The van der Waals surface area contributed by atoms with Crippen LogP contribution in [0.4, 0.5) is 13.2 Å². The third kappa shape index (κ3) is 3.88. The summed E-state index contributed by atoms with van der Waals surface area (Å²) in [5.74, 6) is -0.434. The standard InChI is InChI=1S/C19H21F3N6O2/c1-11-6-14(19(20,21)22)16-17(26-30-18(16)25-11)13-4-3-5-27(8-13)15(29)7-12(2)28-10-23-9-24-28/h6,9-10,12-13H,3-5,7-8H2,1-2H3/t12-,13-/m0/s1. The van der Waals surface area contributed by atoms with Crippen molar-refractivity contribution >= 4 is 17.0 Å². The number of hydrogen-bond donors (Lipinski definition) is 0. The van der Waals surface area contributed by atoms with Gasteiger partial charge in [-0.1, -0.05) is 5.16 Å². The van der Waals surface area contributed by atoms with Gasteiger partial charge in [0, 0.05) is 31.1 Å². The number of rotatable bonds is 4. The van der Waals surface area contributed by atoms with E-state index in [-0.39, 0.29) is 53.3 Å². The Labute approximate surface area is 170 Å². The first-order valence-electron chi connectivity index (χ1n) is 9.70. The van der Waals surface area contributed by atoms with Crippen LogP contribution in [0.2, 0.25) is 0 Å².